The van der Waals surface area contributed by atoms with Gasteiger partial charge in [-0.1, -0.05) is 23.2 Å². The Bertz CT molecular complexity index is 1340. The molecule has 0 saturated heterocycles. The molecule has 1 aliphatic heterocycles. The van der Waals surface area contributed by atoms with E-state index in [0.29, 0.717) is 23.8 Å². The fourth-order valence-electron chi connectivity index (χ4n) is 3.36. The van der Waals surface area contributed by atoms with Gasteiger partial charge in [-0.15, -0.1) is 0 Å². The quantitative estimate of drug-likeness (QED) is 0.553. The molecule has 0 unspecified atom stereocenters. The van der Waals surface area contributed by atoms with Crippen LogP contribution in [0.4, 0.5) is 5.69 Å². The van der Waals surface area contributed by atoms with Crippen LogP contribution in [-0.4, -0.2) is 30.9 Å². The van der Waals surface area contributed by atoms with Crippen molar-refractivity contribution in [2.45, 2.75) is 31.3 Å². The largest absolute Gasteiger partial charge is 0.492 e. The van der Waals surface area contributed by atoms with Crippen molar-refractivity contribution in [1.82, 2.24) is 9.78 Å². The SMILES string of the molecule is CCOc1cc2c(cc1NS(=O)(=O)c1ccc(-n3ncc(Cl)c(Cl)c3=O)cc1)O[C@H](C)C2. The Kier molecular flexibility index (Phi) is 6.07. The molecule has 8 nitrogen and oxygen atoms in total. The molecule has 168 valence electrons. The molecule has 32 heavy (non-hydrogen) atoms. The molecule has 1 aromatic heterocycles. The minimum Gasteiger partial charge on any atom is -0.492 e. The summed E-state index contributed by atoms with van der Waals surface area (Å²) in [5, 5.41) is 3.80. The zero-order valence-corrected chi connectivity index (χ0v) is 19.5. The predicted molar refractivity (Wildman–Crippen MR) is 122 cm³/mol. The van der Waals surface area contributed by atoms with Crippen molar-refractivity contribution in [2.24, 2.45) is 0 Å². The molecule has 0 bridgehead atoms. The molecule has 0 amide bonds. The Balaban J connectivity index is 1.65. The van der Waals surface area contributed by atoms with Crippen LogP contribution in [0.2, 0.25) is 10.0 Å². The van der Waals surface area contributed by atoms with E-state index in [1.165, 1.54) is 30.5 Å². The molecule has 11 heteroatoms. The smallest absolute Gasteiger partial charge is 0.291 e. The number of ether oxygens (including phenoxy) is 2. The van der Waals surface area contributed by atoms with Crippen LogP contribution < -0.4 is 19.8 Å². The fourth-order valence-corrected chi connectivity index (χ4v) is 4.68. The molecule has 0 spiro atoms. The lowest BCUT2D eigenvalue weighted by atomic mass is 10.1. The van der Waals surface area contributed by atoms with Gasteiger partial charge in [-0.3, -0.25) is 9.52 Å². The second kappa shape index (κ2) is 8.65. The summed E-state index contributed by atoms with van der Waals surface area (Å²) in [6.07, 6.45) is 1.98. The third-order valence-corrected chi connectivity index (χ3v) is 6.94. The van der Waals surface area contributed by atoms with Crippen LogP contribution in [0.25, 0.3) is 5.69 Å². The monoisotopic (exact) mass is 495 g/mol. The number of rotatable bonds is 6. The highest BCUT2D eigenvalue weighted by Crippen LogP contribution is 2.39. The maximum atomic E-state index is 13.0. The van der Waals surface area contributed by atoms with Crippen LogP contribution in [0.5, 0.6) is 11.5 Å². The highest BCUT2D eigenvalue weighted by molar-refractivity contribution is 7.92. The van der Waals surface area contributed by atoms with Crippen molar-refractivity contribution in [3.8, 4) is 17.2 Å². The van der Waals surface area contributed by atoms with Crippen LogP contribution in [0, 0.1) is 0 Å². The van der Waals surface area contributed by atoms with Gasteiger partial charge in [-0.2, -0.15) is 9.78 Å². The molecule has 1 atom stereocenters. The Morgan fingerprint density at radius 1 is 1.25 bits per heavy atom. The van der Waals surface area contributed by atoms with Crippen molar-refractivity contribution in [2.75, 3.05) is 11.3 Å². The van der Waals surface area contributed by atoms with Gasteiger partial charge in [-0.25, -0.2) is 8.42 Å². The van der Waals surface area contributed by atoms with Crippen LogP contribution in [0.3, 0.4) is 0 Å². The van der Waals surface area contributed by atoms with Gasteiger partial charge in [-0.05, 0) is 44.2 Å². The third-order valence-electron chi connectivity index (χ3n) is 4.81. The van der Waals surface area contributed by atoms with E-state index in [0.717, 1.165) is 16.7 Å². The summed E-state index contributed by atoms with van der Waals surface area (Å²) < 4.78 is 41.0. The first-order chi connectivity index (χ1) is 15.2. The molecule has 2 heterocycles. The van der Waals surface area contributed by atoms with E-state index < -0.39 is 15.6 Å². The Morgan fingerprint density at radius 3 is 2.66 bits per heavy atom. The molecule has 4 rings (SSSR count). The summed E-state index contributed by atoms with van der Waals surface area (Å²) in [7, 11) is -3.95. The van der Waals surface area contributed by atoms with Gasteiger partial charge < -0.3 is 9.47 Å². The number of halogens is 2. The lowest BCUT2D eigenvalue weighted by molar-refractivity contribution is 0.254. The summed E-state index contributed by atoms with van der Waals surface area (Å²) in [6.45, 7) is 4.15. The number of fused-ring (bicyclic) bond motifs is 1. The Labute approximate surface area is 194 Å². The van der Waals surface area contributed by atoms with Crippen LogP contribution in [0.1, 0.15) is 19.4 Å². The first-order valence-corrected chi connectivity index (χ1v) is 12.0. The van der Waals surface area contributed by atoms with Crippen LogP contribution >= 0.6 is 23.2 Å². The molecular weight excluding hydrogens is 477 g/mol. The van der Waals surface area contributed by atoms with E-state index in [4.69, 9.17) is 32.7 Å². The minimum absolute atomic E-state index is 0.00778. The van der Waals surface area contributed by atoms with Crippen LogP contribution in [-0.2, 0) is 16.4 Å². The summed E-state index contributed by atoms with van der Waals surface area (Å²) in [5.41, 5.74) is 0.975. The number of anilines is 1. The summed E-state index contributed by atoms with van der Waals surface area (Å²) in [5.74, 6) is 1.05. The molecule has 0 saturated carbocycles. The van der Waals surface area contributed by atoms with E-state index in [2.05, 4.69) is 9.82 Å². The summed E-state index contributed by atoms with van der Waals surface area (Å²) in [6, 6.07) is 9.05. The van der Waals surface area contributed by atoms with Crippen molar-refractivity contribution >= 4 is 38.9 Å². The lowest BCUT2D eigenvalue weighted by Gasteiger charge is -2.15. The summed E-state index contributed by atoms with van der Waals surface area (Å²) >= 11 is 11.7. The molecule has 2 aromatic carbocycles. The minimum atomic E-state index is -3.95. The number of sulfonamides is 1. The number of aromatic nitrogens is 2. The van der Waals surface area contributed by atoms with Gasteiger partial charge >= 0.3 is 0 Å². The Morgan fingerprint density at radius 2 is 1.97 bits per heavy atom. The average Bonchev–Trinajstić information content (AvgIpc) is 3.11. The number of nitrogens with one attached hydrogen (secondary N) is 1. The number of hydrogen-bond donors (Lipinski definition) is 1. The summed E-state index contributed by atoms with van der Waals surface area (Å²) in [4.78, 5) is 12.2. The molecule has 0 aliphatic carbocycles. The predicted octanol–water partition coefficient (Wildman–Crippen LogP) is 4.06. The third kappa shape index (κ3) is 4.28. The van der Waals surface area contributed by atoms with E-state index in [-0.39, 0.29) is 26.7 Å². The van der Waals surface area contributed by atoms with E-state index >= 15 is 0 Å². The molecule has 0 radical (unpaired) electrons. The van der Waals surface area contributed by atoms with E-state index in [1.54, 1.807) is 12.1 Å². The molecule has 0 fully saturated rings. The van der Waals surface area contributed by atoms with Gasteiger partial charge in [0.05, 0.1) is 34.1 Å². The molecule has 1 N–H and O–H groups in total. The van der Waals surface area contributed by atoms with Crippen molar-refractivity contribution in [3.05, 3.63) is 68.6 Å². The van der Waals surface area contributed by atoms with E-state index in [9.17, 15) is 13.2 Å². The topological polar surface area (TPSA) is 99.5 Å². The Hall–Kier alpha value is -2.75. The number of nitrogens with zero attached hydrogens (tertiary/aromatic N) is 2. The van der Waals surface area contributed by atoms with Gasteiger partial charge in [0.2, 0.25) is 0 Å². The van der Waals surface area contributed by atoms with Crippen molar-refractivity contribution < 1.29 is 17.9 Å². The zero-order chi connectivity index (χ0) is 23.0. The standard InChI is InChI=1S/C21H19Cl2N3O5S/c1-3-30-19-9-13-8-12(2)31-18(13)10-17(19)25-32(28,29)15-6-4-14(5-7-15)26-21(27)20(23)16(22)11-24-26/h4-7,9-12,25H,3,8H2,1-2H3/t12-/m1/s1. The van der Waals surface area contributed by atoms with Gasteiger partial charge in [0.1, 0.15) is 22.6 Å². The zero-order valence-electron chi connectivity index (χ0n) is 17.1. The first kappa shape index (κ1) is 22.4. The fraction of sp³-hybridized carbons (Fsp3) is 0.238. The number of benzene rings is 2. The normalized spacial score (nSPS) is 15.2. The first-order valence-electron chi connectivity index (χ1n) is 9.72. The highest BCUT2D eigenvalue weighted by atomic mass is 35.5. The molecule has 3 aromatic rings. The van der Waals surface area contributed by atoms with Crippen LogP contribution in [0.15, 0.2) is 52.3 Å². The average molecular weight is 496 g/mol. The van der Waals surface area contributed by atoms with Crippen molar-refractivity contribution in [3.63, 3.8) is 0 Å². The van der Waals surface area contributed by atoms with Crippen molar-refractivity contribution in [1.29, 1.82) is 0 Å². The van der Waals surface area contributed by atoms with Gasteiger partial charge in [0.15, 0.2) is 0 Å². The maximum absolute atomic E-state index is 13.0. The maximum Gasteiger partial charge on any atom is 0.291 e. The van der Waals surface area contributed by atoms with Gasteiger partial charge in [0, 0.05) is 18.1 Å². The number of hydrogen-bond acceptors (Lipinski definition) is 6. The second-order valence-electron chi connectivity index (χ2n) is 7.14. The second-order valence-corrected chi connectivity index (χ2v) is 9.61. The van der Waals surface area contributed by atoms with Gasteiger partial charge in [0.25, 0.3) is 15.6 Å². The molecular formula is C21H19Cl2N3O5S. The van der Waals surface area contributed by atoms with E-state index in [1.807, 2.05) is 13.8 Å². The highest BCUT2D eigenvalue weighted by Gasteiger charge is 2.24. The molecule has 1 aliphatic rings. The lowest BCUT2D eigenvalue weighted by Crippen LogP contribution is -2.21.